The first-order chi connectivity index (χ1) is 8.58. The predicted molar refractivity (Wildman–Crippen MR) is 96.2 cm³/mol. The van der Waals surface area contributed by atoms with Crippen molar-refractivity contribution in [3.8, 4) is 0 Å². The van der Waals surface area contributed by atoms with E-state index in [9.17, 15) is 4.79 Å². The lowest BCUT2D eigenvalue weighted by Crippen LogP contribution is -2.43. The fraction of sp³-hybridized carbons (Fsp3) is 0.929. The molecule has 0 unspecified atom stereocenters. The zero-order valence-corrected chi connectivity index (χ0v) is 17.7. The molecule has 0 rings (SSSR count). The van der Waals surface area contributed by atoms with Crippen LogP contribution in [0.25, 0.3) is 0 Å². The maximum atomic E-state index is 12.4. The van der Waals surface area contributed by atoms with Crippen LogP contribution < -0.4 is 0 Å². The smallest absolute Gasteiger partial charge is 0.238 e. The van der Waals surface area contributed by atoms with E-state index in [1.54, 1.807) is 0 Å². The highest BCUT2D eigenvalue weighted by atomic mass is 79.9. The first-order valence-corrected chi connectivity index (χ1v) is 14.5. The number of hydrogen-bond donors (Lipinski definition) is 0. The molecule has 0 bridgehead atoms. The van der Waals surface area contributed by atoms with Crippen LogP contribution in [0.2, 0.25) is 38.3 Å². The summed E-state index contributed by atoms with van der Waals surface area (Å²) in [5, 5.41) is 0. The van der Waals surface area contributed by atoms with E-state index in [2.05, 4.69) is 47.0 Å². The van der Waals surface area contributed by atoms with Crippen LogP contribution in [-0.2, 0) is 4.79 Å². The summed E-state index contributed by atoms with van der Waals surface area (Å²) in [6.45, 7) is 15.3. The van der Waals surface area contributed by atoms with Crippen molar-refractivity contribution >= 4 is 39.4 Å². The molecule has 0 aliphatic heterocycles. The first kappa shape index (κ1) is 19.4. The third kappa shape index (κ3) is 9.85. The number of hydrogen-bond acceptors (Lipinski definition) is 1. The van der Waals surface area contributed by atoms with Crippen LogP contribution in [0.4, 0.5) is 0 Å². The minimum Gasteiger partial charge on any atom is -0.342 e. The van der Waals surface area contributed by atoms with Gasteiger partial charge in [0.05, 0.1) is 4.32 Å². The Morgan fingerprint density at radius 3 is 2.16 bits per heavy atom. The van der Waals surface area contributed by atoms with Crippen molar-refractivity contribution in [3.63, 3.8) is 0 Å². The molecule has 0 spiro atoms. The van der Waals surface area contributed by atoms with Gasteiger partial charge in [0.15, 0.2) is 0 Å². The number of nitrogens with zero attached hydrogens (tertiary/aromatic N) is 1. The lowest BCUT2D eigenvalue weighted by molar-refractivity contribution is -0.132. The summed E-state index contributed by atoms with van der Waals surface area (Å²) in [5.74, 6) is 0.251. The molecule has 2 nitrogen and oxygen atoms in total. The predicted octanol–water partition coefficient (Wildman–Crippen LogP) is 3.74. The molecule has 5 heteroatoms. The molecule has 0 aliphatic carbocycles. The van der Waals surface area contributed by atoms with Gasteiger partial charge in [0.2, 0.25) is 5.91 Å². The SMILES string of the molecule is C[SiH2]CCCN(CCC[Si](C)(C)C)C(=O)C(C)(C)Br. The molecule has 0 heterocycles. The van der Waals surface area contributed by atoms with E-state index in [4.69, 9.17) is 0 Å². The highest BCUT2D eigenvalue weighted by Crippen LogP contribution is 2.21. The van der Waals surface area contributed by atoms with E-state index in [0.717, 1.165) is 19.5 Å². The fourth-order valence-corrected chi connectivity index (χ4v) is 4.24. The van der Waals surface area contributed by atoms with Gasteiger partial charge in [-0.2, -0.15) is 0 Å². The molecule has 0 saturated heterocycles. The molecule has 0 fully saturated rings. The lowest BCUT2D eigenvalue weighted by atomic mass is 10.1. The van der Waals surface area contributed by atoms with E-state index >= 15 is 0 Å². The second kappa shape index (κ2) is 8.62. The normalized spacial score (nSPS) is 13.2. The molecule has 0 saturated carbocycles. The van der Waals surface area contributed by atoms with Gasteiger partial charge in [0, 0.05) is 30.7 Å². The van der Waals surface area contributed by atoms with Crippen molar-refractivity contribution in [2.45, 2.75) is 69.3 Å². The molecule has 0 aromatic carbocycles. The van der Waals surface area contributed by atoms with Crippen molar-refractivity contribution in [2.75, 3.05) is 13.1 Å². The lowest BCUT2D eigenvalue weighted by Gasteiger charge is -2.29. The first-order valence-electron chi connectivity index (χ1n) is 7.56. The van der Waals surface area contributed by atoms with Crippen molar-refractivity contribution in [2.24, 2.45) is 0 Å². The van der Waals surface area contributed by atoms with E-state index < -0.39 is 12.4 Å². The van der Waals surface area contributed by atoms with Crippen molar-refractivity contribution in [1.29, 1.82) is 0 Å². The molecule has 0 atom stereocenters. The number of carbonyl (C=O) groups excluding carboxylic acids is 1. The summed E-state index contributed by atoms with van der Waals surface area (Å²) in [7, 11) is -0.858. The summed E-state index contributed by atoms with van der Waals surface area (Å²) < 4.78 is -0.421. The number of amides is 1. The second-order valence-corrected chi connectivity index (χ2v) is 16.4. The van der Waals surface area contributed by atoms with Gasteiger partial charge < -0.3 is 4.90 Å². The minimum atomic E-state index is -0.986. The molecule has 1 amide bonds. The minimum absolute atomic E-state index is 0.128. The second-order valence-electron chi connectivity index (χ2n) is 7.14. The molecule has 0 aromatic rings. The number of carbonyl (C=O) groups is 1. The summed E-state index contributed by atoms with van der Waals surface area (Å²) >= 11 is 3.51. The monoisotopic (exact) mass is 365 g/mol. The molecule has 0 N–H and O–H groups in total. The Balaban J connectivity index is 4.38. The highest BCUT2D eigenvalue weighted by molar-refractivity contribution is 9.10. The van der Waals surface area contributed by atoms with Crippen molar-refractivity contribution in [1.82, 2.24) is 4.90 Å². The van der Waals surface area contributed by atoms with Crippen LogP contribution in [0.5, 0.6) is 0 Å². The third-order valence-electron chi connectivity index (χ3n) is 3.18. The van der Waals surface area contributed by atoms with E-state index in [1.165, 1.54) is 18.5 Å². The molecule has 19 heavy (non-hydrogen) atoms. The summed E-state index contributed by atoms with van der Waals surface area (Å²) in [4.78, 5) is 14.5. The van der Waals surface area contributed by atoms with E-state index in [-0.39, 0.29) is 15.4 Å². The van der Waals surface area contributed by atoms with Gasteiger partial charge in [-0.05, 0) is 26.7 Å². The van der Waals surface area contributed by atoms with Gasteiger partial charge in [-0.3, -0.25) is 4.79 Å². The Bertz CT molecular complexity index is 272. The van der Waals surface area contributed by atoms with Gasteiger partial charge in [-0.25, -0.2) is 0 Å². The van der Waals surface area contributed by atoms with Crippen molar-refractivity contribution < 1.29 is 4.79 Å². The molecular weight excluding hydrogens is 334 g/mol. The molecular formula is C14H32BrNOSi2. The van der Waals surface area contributed by atoms with E-state index in [0.29, 0.717) is 0 Å². The van der Waals surface area contributed by atoms with Crippen LogP contribution in [0.15, 0.2) is 0 Å². The number of rotatable bonds is 9. The van der Waals surface area contributed by atoms with Crippen molar-refractivity contribution in [3.05, 3.63) is 0 Å². The number of halogens is 1. The summed E-state index contributed by atoms with van der Waals surface area (Å²) in [6.07, 6.45) is 2.35. The number of alkyl halides is 1. The van der Waals surface area contributed by atoms with E-state index in [1.807, 2.05) is 13.8 Å². The Kier molecular flexibility index (Phi) is 8.80. The van der Waals surface area contributed by atoms with Crippen LogP contribution in [0.3, 0.4) is 0 Å². The maximum absolute atomic E-state index is 12.4. The largest absolute Gasteiger partial charge is 0.342 e. The topological polar surface area (TPSA) is 20.3 Å². The standard InChI is InChI=1S/C14H32BrNOSi2/c1-14(2,15)13(17)16(9-7-11-18-3)10-8-12-19(4,5)6/h7-12,18H2,1-6H3. The Morgan fingerprint density at radius 1 is 1.21 bits per heavy atom. The molecule has 0 radical (unpaired) electrons. The highest BCUT2D eigenvalue weighted by Gasteiger charge is 2.28. The Labute approximate surface area is 131 Å². The van der Waals surface area contributed by atoms with Gasteiger partial charge in [0.1, 0.15) is 0 Å². The average molecular weight is 366 g/mol. The summed E-state index contributed by atoms with van der Waals surface area (Å²) in [6, 6.07) is 2.66. The molecule has 0 aromatic heterocycles. The van der Waals surface area contributed by atoms with Crippen LogP contribution in [-0.4, -0.2) is 45.8 Å². The van der Waals surface area contributed by atoms with Gasteiger partial charge in [0.25, 0.3) is 0 Å². The Hall–Kier alpha value is 0.384. The molecule has 0 aliphatic rings. The third-order valence-corrected chi connectivity index (χ3v) is 6.58. The average Bonchev–Trinajstić information content (AvgIpc) is 2.23. The fourth-order valence-electron chi connectivity index (χ4n) is 2.04. The van der Waals surface area contributed by atoms with Gasteiger partial charge in [-0.1, -0.05) is 54.2 Å². The summed E-state index contributed by atoms with van der Waals surface area (Å²) in [5.41, 5.74) is 0. The maximum Gasteiger partial charge on any atom is 0.238 e. The zero-order chi connectivity index (χ0) is 15.1. The Morgan fingerprint density at radius 2 is 1.74 bits per heavy atom. The quantitative estimate of drug-likeness (QED) is 0.346. The van der Waals surface area contributed by atoms with Crippen LogP contribution in [0.1, 0.15) is 26.7 Å². The molecule has 114 valence electrons. The zero-order valence-electron chi connectivity index (χ0n) is 13.7. The van der Waals surface area contributed by atoms with Crippen LogP contribution in [0, 0.1) is 0 Å². The van der Waals surface area contributed by atoms with Gasteiger partial charge >= 0.3 is 0 Å². The van der Waals surface area contributed by atoms with Gasteiger partial charge in [-0.15, -0.1) is 0 Å². The van der Waals surface area contributed by atoms with Crippen LogP contribution >= 0.6 is 15.9 Å².